The van der Waals surface area contributed by atoms with Gasteiger partial charge in [0, 0.05) is 25.0 Å². The molecular formula is C21H36N2O3. The molecule has 0 radical (unpaired) electrons. The van der Waals surface area contributed by atoms with Crippen LogP contribution in [-0.4, -0.2) is 56.4 Å². The Bertz CT molecular complexity index is 582. The number of rotatable bonds is 6. The molecule has 0 atom stereocenters. The molecule has 26 heavy (non-hydrogen) atoms. The summed E-state index contributed by atoms with van der Waals surface area (Å²) in [5.41, 5.74) is 2.23. The first-order valence-electron chi connectivity index (χ1n) is 9.66. The molecule has 1 aliphatic heterocycles. The Kier molecular flexibility index (Phi) is 6.92. The van der Waals surface area contributed by atoms with Crippen LogP contribution in [0.4, 0.5) is 0 Å². The quantitative estimate of drug-likeness (QED) is 0.719. The summed E-state index contributed by atoms with van der Waals surface area (Å²) in [5, 5.41) is 0. The van der Waals surface area contributed by atoms with E-state index in [4.69, 9.17) is 19.2 Å². The number of hydrogen-bond donors (Lipinski definition) is 0. The molecule has 5 heteroatoms. The van der Waals surface area contributed by atoms with Crippen molar-refractivity contribution in [3.63, 3.8) is 0 Å². The van der Waals surface area contributed by atoms with E-state index in [0.717, 1.165) is 50.7 Å². The second-order valence-electron chi connectivity index (χ2n) is 9.05. The van der Waals surface area contributed by atoms with Gasteiger partial charge in [0.2, 0.25) is 0 Å². The van der Waals surface area contributed by atoms with Gasteiger partial charge in [-0.3, -0.25) is 4.90 Å². The van der Waals surface area contributed by atoms with Crippen LogP contribution in [0.25, 0.3) is 0 Å². The molecule has 2 heterocycles. The number of nitrogens with zero attached hydrogens (tertiary/aromatic N) is 2. The van der Waals surface area contributed by atoms with Crippen molar-refractivity contribution in [3.8, 4) is 11.6 Å². The molecule has 0 bridgehead atoms. The highest BCUT2D eigenvalue weighted by Crippen LogP contribution is 2.38. The first-order chi connectivity index (χ1) is 12.1. The van der Waals surface area contributed by atoms with Crippen LogP contribution in [0, 0.1) is 0 Å². The largest absolute Gasteiger partial charge is 0.488 e. The van der Waals surface area contributed by atoms with E-state index < -0.39 is 0 Å². The Balaban J connectivity index is 2.11. The Labute approximate surface area is 159 Å². The number of morpholine rings is 1. The summed E-state index contributed by atoms with van der Waals surface area (Å²) in [5.74, 6) is 1.32. The fraction of sp³-hybridized carbons (Fsp3) is 0.762. The van der Waals surface area contributed by atoms with Crippen molar-refractivity contribution in [1.29, 1.82) is 0 Å². The molecule has 5 nitrogen and oxygen atoms in total. The maximum absolute atomic E-state index is 6.08. The summed E-state index contributed by atoms with van der Waals surface area (Å²) in [6, 6.07) is 2.13. The van der Waals surface area contributed by atoms with Gasteiger partial charge in [0.05, 0.1) is 32.6 Å². The fourth-order valence-electron chi connectivity index (χ4n) is 3.17. The number of ether oxygens (including phenoxy) is 3. The van der Waals surface area contributed by atoms with E-state index in [1.165, 1.54) is 5.56 Å². The predicted octanol–water partition coefficient (Wildman–Crippen LogP) is 3.79. The maximum Gasteiger partial charge on any atom is 0.257 e. The summed E-state index contributed by atoms with van der Waals surface area (Å²) in [6.07, 6.45) is 0.981. The Morgan fingerprint density at radius 1 is 1.08 bits per heavy atom. The molecule has 0 N–H and O–H groups in total. The molecule has 0 amide bonds. The lowest BCUT2D eigenvalue weighted by molar-refractivity contribution is 0.0357. The van der Waals surface area contributed by atoms with Crippen molar-refractivity contribution in [2.45, 2.75) is 58.8 Å². The van der Waals surface area contributed by atoms with Crippen LogP contribution in [0.15, 0.2) is 6.07 Å². The maximum atomic E-state index is 6.08. The molecule has 1 saturated heterocycles. The van der Waals surface area contributed by atoms with Crippen LogP contribution < -0.4 is 9.47 Å². The molecule has 1 aromatic heterocycles. The Morgan fingerprint density at radius 2 is 1.73 bits per heavy atom. The summed E-state index contributed by atoms with van der Waals surface area (Å²) in [6.45, 7) is 18.6. The molecule has 1 aliphatic rings. The average Bonchev–Trinajstić information content (AvgIpc) is 2.57. The van der Waals surface area contributed by atoms with Gasteiger partial charge in [-0.1, -0.05) is 41.5 Å². The van der Waals surface area contributed by atoms with Crippen molar-refractivity contribution in [2.24, 2.45) is 0 Å². The fourth-order valence-corrected chi connectivity index (χ4v) is 3.17. The monoisotopic (exact) mass is 364 g/mol. The van der Waals surface area contributed by atoms with Gasteiger partial charge in [-0.2, -0.15) is 0 Å². The molecule has 1 fully saturated rings. The molecule has 1 aromatic rings. The lowest BCUT2D eigenvalue weighted by atomic mass is 9.78. The highest BCUT2D eigenvalue weighted by atomic mass is 16.5. The van der Waals surface area contributed by atoms with Crippen molar-refractivity contribution >= 4 is 0 Å². The third-order valence-electron chi connectivity index (χ3n) is 4.65. The SMILES string of the molecule is COc1nc(C(C)(C)C)c(C(C)(C)C)cc1OCCCN1CCOCC1. The number of pyridine rings is 1. The van der Waals surface area contributed by atoms with Gasteiger partial charge in [0.15, 0.2) is 5.75 Å². The van der Waals surface area contributed by atoms with E-state index >= 15 is 0 Å². The van der Waals surface area contributed by atoms with E-state index in [-0.39, 0.29) is 10.8 Å². The molecular weight excluding hydrogens is 328 g/mol. The van der Waals surface area contributed by atoms with Gasteiger partial charge in [0.1, 0.15) is 0 Å². The molecule has 0 unspecified atom stereocenters. The van der Waals surface area contributed by atoms with Gasteiger partial charge in [-0.05, 0) is 23.5 Å². The lowest BCUT2D eigenvalue weighted by Gasteiger charge is -2.30. The second kappa shape index (κ2) is 8.57. The first-order valence-corrected chi connectivity index (χ1v) is 9.66. The summed E-state index contributed by atoms with van der Waals surface area (Å²) >= 11 is 0. The molecule has 0 saturated carbocycles. The van der Waals surface area contributed by atoms with Crippen LogP contribution in [0.2, 0.25) is 0 Å². The summed E-state index contributed by atoms with van der Waals surface area (Å²) < 4.78 is 17.0. The third kappa shape index (κ3) is 5.58. The zero-order valence-electron chi connectivity index (χ0n) is 17.6. The van der Waals surface area contributed by atoms with Gasteiger partial charge in [-0.25, -0.2) is 4.98 Å². The van der Waals surface area contributed by atoms with E-state index in [1.54, 1.807) is 7.11 Å². The zero-order chi connectivity index (χ0) is 19.4. The number of aromatic nitrogens is 1. The van der Waals surface area contributed by atoms with E-state index in [9.17, 15) is 0 Å². The average molecular weight is 365 g/mol. The third-order valence-corrected chi connectivity index (χ3v) is 4.65. The Morgan fingerprint density at radius 3 is 2.27 bits per heavy atom. The van der Waals surface area contributed by atoms with E-state index in [0.29, 0.717) is 12.5 Å². The smallest absolute Gasteiger partial charge is 0.257 e. The van der Waals surface area contributed by atoms with Crippen LogP contribution in [0.5, 0.6) is 11.6 Å². The standard InChI is InChI=1S/C21H36N2O3/c1-20(2,3)16-15-17(19(24-7)22-18(16)21(4,5)6)26-12-8-9-23-10-13-25-14-11-23/h15H,8-14H2,1-7H3. The van der Waals surface area contributed by atoms with Crippen LogP contribution in [0.1, 0.15) is 59.2 Å². The van der Waals surface area contributed by atoms with Crippen LogP contribution in [-0.2, 0) is 15.6 Å². The topological polar surface area (TPSA) is 43.8 Å². The minimum Gasteiger partial charge on any atom is -0.488 e. The molecule has 0 aliphatic carbocycles. The van der Waals surface area contributed by atoms with Crippen molar-refractivity contribution in [2.75, 3.05) is 46.6 Å². The summed E-state index contributed by atoms with van der Waals surface area (Å²) in [7, 11) is 1.66. The minimum absolute atomic E-state index is 0.00615. The van der Waals surface area contributed by atoms with Gasteiger partial charge >= 0.3 is 0 Å². The normalized spacial score (nSPS) is 16.6. The zero-order valence-corrected chi connectivity index (χ0v) is 17.6. The Hall–Kier alpha value is -1.33. The van der Waals surface area contributed by atoms with Gasteiger partial charge in [0.25, 0.3) is 5.88 Å². The van der Waals surface area contributed by atoms with Gasteiger partial charge in [-0.15, -0.1) is 0 Å². The second-order valence-corrected chi connectivity index (χ2v) is 9.05. The minimum atomic E-state index is -0.0508. The molecule has 148 valence electrons. The van der Waals surface area contributed by atoms with Crippen molar-refractivity contribution < 1.29 is 14.2 Å². The van der Waals surface area contributed by atoms with Crippen LogP contribution >= 0.6 is 0 Å². The van der Waals surface area contributed by atoms with Crippen LogP contribution in [0.3, 0.4) is 0 Å². The number of hydrogen-bond acceptors (Lipinski definition) is 5. The van der Waals surface area contributed by atoms with Gasteiger partial charge < -0.3 is 14.2 Å². The van der Waals surface area contributed by atoms with Crippen molar-refractivity contribution in [1.82, 2.24) is 9.88 Å². The highest BCUT2D eigenvalue weighted by Gasteiger charge is 2.29. The molecule has 0 spiro atoms. The number of methoxy groups -OCH3 is 1. The first kappa shape index (κ1) is 21.0. The highest BCUT2D eigenvalue weighted by molar-refractivity contribution is 5.44. The lowest BCUT2D eigenvalue weighted by Crippen LogP contribution is -2.37. The predicted molar refractivity (Wildman–Crippen MR) is 106 cm³/mol. The van der Waals surface area contributed by atoms with E-state index in [2.05, 4.69) is 52.5 Å². The van der Waals surface area contributed by atoms with Crippen molar-refractivity contribution in [3.05, 3.63) is 17.3 Å². The molecule has 0 aromatic carbocycles. The summed E-state index contributed by atoms with van der Waals surface area (Å²) in [4.78, 5) is 7.25. The van der Waals surface area contributed by atoms with E-state index in [1.807, 2.05) is 0 Å². The molecule has 2 rings (SSSR count).